The first-order chi connectivity index (χ1) is 17.3. The number of primary amides is 1. The number of likely N-dealkylation sites (tertiary alicyclic amines) is 1. The molecular formula is C25H27FN6O4. The number of aliphatic hydroxyl groups excluding tert-OH is 1. The van der Waals surface area contributed by atoms with Gasteiger partial charge in [-0.2, -0.15) is 0 Å². The summed E-state index contributed by atoms with van der Waals surface area (Å²) < 4.78 is 14.5. The molecule has 1 atom stereocenters. The second-order valence-corrected chi connectivity index (χ2v) is 8.54. The number of hydrogen-bond acceptors (Lipinski definition) is 6. The zero-order valence-electron chi connectivity index (χ0n) is 19.5. The zero-order chi connectivity index (χ0) is 25.7. The predicted octanol–water partition coefficient (Wildman–Crippen LogP) is 1.55. The van der Waals surface area contributed by atoms with Crippen LogP contribution in [0.4, 0.5) is 10.1 Å². The second kappa shape index (κ2) is 11.1. The van der Waals surface area contributed by atoms with Crippen molar-refractivity contribution in [2.24, 2.45) is 5.73 Å². The lowest BCUT2D eigenvalue weighted by molar-refractivity contribution is 0.0701. The molecule has 4 rings (SSSR count). The molecule has 2 heterocycles. The average molecular weight is 495 g/mol. The van der Waals surface area contributed by atoms with Gasteiger partial charge in [0, 0.05) is 36.6 Å². The van der Waals surface area contributed by atoms with Crippen molar-refractivity contribution in [1.82, 2.24) is 19.8 Å². The van der Waals surface area contributed by atoms with Crippen molar-refractivity contribution >= 4 is 23.4 Å². The largest absolute Gasteiger partial charge is 0.392 e. The molecule has 36 heavy (non-hydrogen) atoms. The summed E-state index contributed by atoms with van der Waals surface area (Å²) in [5.74, 6) is -2.17. The molecule has 11 heteroatoms. The first kappa shape index (κ1) is 25.0. The summed E-state index contributed by atoms with van der Waals surface area (Å²) in [5, 5.41) is 15.3. The van der Waals surface area contributed by atoms with E-state index >= 15 is 0 Å². The molecular weight excluding hydrogens is 467 g/mol. The van der Waals surface area contributed by atoms with Gasteiger partial charge in [0.1, 0.15) is 17.8 Å². The molecule has 5 N–H and O–H groups in total. The molecule has 1 aliphatic rings. The number of anilines is 1. The maximum absolute atomic E-state index is 13.1. The maximum atomic E-state index is 13.1. The minimum absolute atomic E-state index is 0.00396. The van der Waals surface area contributed by atoms with Gasteiger partial charge in [-0.15, -0.1) is 0 Å². The monoisotopic (exact) mass is 494 g/mol. The zero-order valence-corrected chi connectivity index (χ0v) is 19.5. The number of nitrogens with zero attached hydrogens (tertiary/aromatic N) is 3. The van der Waals surface area contributed by atoms with Crippen LogP contribution in [0, 0.1) is 5.82 Å². The van der Waals surface area contributed by atoms with Gasteiger partial charge in [-0.1, -0.05) is 0 Å². The maximum Gasteiger partial charge on any atom is 0.270 e. The topological polar surface area (TPSA) is 143 Å². The molecule has 188 valence electrons. The third-order valence-electron chi connectivity index (χ3n) is 5.92. The molecule has 1 fully saturated rings. The van der Waals surface area contributed by atoms with Gasteiger partial charge in [0.2, 0.25) is 0 Å². The van der Waals surface area contributed by atoms with Crippen molar-refractivity contribution in [3.63, 3.8) is 0 Å². The predicted molar refractivity (Wildman–Crippen MR) is 130 cm³/mol. The third kappa shape index (κ3) is 5.93. The van der Waals surface area contributed by atoms with Gasteiger partial charge >= 0.3 is 0 Å². The first-order valence-electron chi connectivity index (χ1n) is 11.5. The van der Waals surface area contributed by atoms with Crippen LogP contribution >= 0.6 is 0 Å². The van der Waals surface area contributed by atoms with E-state index in [-0.39, 0.29) is 17.5 Å². The molecule has 1 aromatic heterocycles. The number of hydrogen-bond donors (Lipinski definition) is 4. The molecule has 1 aliphatic heterocycles. The summed E-state index contributed by atoms with van der Waals surface area (Å²) in [4.78, 5) is 43.4. The van der Waals surface area contributed by atoms with E-state index in [1.807, 2.05) is 0 Å². The van der Waals surface area contributed by atoms with E-state index in [0.717, 1.165) is 19.4 Å². The van der Waals surface area contributed by atoms with Gasteiger partial charge in [0.25, 0.3) is 17.7 Å². The Morgan fingerprint density at radius 1 is 1.08 bits per heavy atom. The Hall–Kier alpha value is -4.09. The highest BCUT2D eigenvalue weighted by atomic mass is 19.1. The van der Waals surface area contributed by atoms with Crippen molar-refractivity contribution in [2.75, 3.05) is 31.5 Å². The van der Waals surface area contributed by atoms with Crippen molar-refractivity contribution in [3.8, 4) is 5.69 Å². The summed E-state index contributed by atoms with van der Waals surface area (Å²) in [7, 11) is 0. The van der Waals surface area contributed by atoms with Crippen molar-refractivity contribution < 1.29 is 23.9 Å². The van der Waals surface area contributed by atoms with Crippen LogP contribution in [-0.4, -0.2) is 69.6 Å². The Kier molecular flexibility index (Phi) is 7.71. The summed E-state index contributed by atoms with van der Waals surface area (Å²) in [5.41, 5.74) is 6.61. The molecule has 2 aromatic carbocycles. The number of aromatic nitrogens is 2. The Labute approximate surface area is 206 Å². The highest BCUT2D eigenvalue weighted by Crippen LogP contribution is 2.19. The molecule has 1 unspecified atom stereocenters. The Morgan fingerprint density at radius 2 is 1.81 bits per heavy atom. The van der Waals surface area contributed by atoms with E-state index in [2.05, 4.69) is 20.5 Å². The van der Waals surface area contributed by atoms with Crippen LogP contribution in [0.3, 0.4) is 0 Å². The number of halogens is 1. The van der Waals surface area contributed by atoms with Crippen LogP contribution in [0.5, 0.6) is 0 Å². The minimum Gasteiger partial charge on any atom is -0.392 e. The van der Waals surface area contributed by atoms with Crippen LogP contribution in [-0.2, 0) is 0 Å². The van der Waals surface area contributed by atoms with E-state index in [0.29, 0.717) is 36.6 Å². The fourth-order valence-electron chi connectivity index (χ4n) is 4.10. The van der Waals surface area contributed by atoms with Crippen LogP contribution < -0.4 is 16.4 Å². The fraction of sp³-hybridized carbons (Fsp3) is 0.280. The summed E-state index contributed by atoms with van der Waals surface area (Å²) >= 11 is 0. The molecule has 0 radical (unpaired) electrons. The number of aliphatic hydroxyl groups is 1. The summed E-state index contributed by atoms with van der Waals surface area (Å²) in [6, 6.07) is 11.7. The van der Waals surface area contributed by atoms with Crippen LogP contribution in [0.1, 0.15) is 44.2 Å². The number of piperidine rings is 1. The third-order valence-corrected chi connectivity index (χ3v) is 5.92. The number of benzene rings is 2. The highest BCUT2D eigenvalue weighted by molar-refractivity contribution is 6.05. The number of amides is 3. The van der Waals surface area contributed by atoms with Crippen molar-refractivity contribution in [2.45, 2.75) is 18.9 Å². The average Bonchev–Trinajstić information content (AvgIpc) is 3.31. The summed E-state index contributed by atoms with van der Waals surface area (Å²) in [6.07, 6.45) is 2.65. The smallest absolute Gasteiger partial charge is 0.270 e. The Morgan fingerprint density at radius 3 is 2.47 bits per heavy atom. The van der Waals surface area contributed by atoms with E-state index in [4.69, 9.17) is 5.73 Å². The lowest BCUT2D eigenvalue weighted by Crippen LogP contribution is -2.42. The Balaban J connectivity index is 1.46. The number of carbonyl (C=O) groups is 3. The van der Waals surface area contributed by atoms with E-state index in [1.54, 1.807) is 24.3 Å². The van der Waals surface area contributed by atoms with Crippen molar-refractivity contribution in [3.05, 3.63) is 77.6 Å². The SMILES string of the molecule is NC(=O)c1ncn(-c2ccc(NC(=O)c3ccc(F)cc3)cc2)c1C(=O)NCCN1CCCC(O)C1. The summed E-state index contributed by atoms with van der Waals surface area (Å²) in [6.45, 7) is 2.29. The van der Waals surface area contributed by atoms with Gasteiger partial charge in [0.15, 0.2) is 5.69 Å². The fourth-order valence-corrected chi connectivity index (χ4v) is 4.10. The number of rotatable bonds is 8. The normalized spacial score (nSPS) is 15.9. The van der Waals surface area contributed by atoms with E-state index in [1.165, 1.54) is 35.2 Å². The molecule has 0 saturated carbocycles. The molecule has 3 amide bonds. The number of nitrogens with two attached hydrogens (primary N) is 1. The second-order valence-electron chi connectivity index (χ2n) is 8.54. The van der Waals surface area contributed by atoms with Gasteiger partial charge in [-0.05, 0) is 67.9 Å². The van der Waals surface area contributed by atoms with Crippen molar-refractivity contribution in [1.29, 1.82) is 0 Å². The molecule has 0 bridgehead atoms. The lowest BCUT2D eigenvalue weighted by atomic mass is 10.1. The van der Waals surface area contributed by atoms with Gasteiger partial charge in [0.05, 0.1) is 6.10 Å². The van der Waals surface area contributed by atoms with Gasteiger partial charge < -0.3 is 21.5 Å². The van der Waals surface area contributed by atoms with Gasteiger partial charge in [-0.3, -0.25) is 23.9 Å². The quantitative estimate of drug-likeness (QED) is 0.374. The molecule has 1 saturated heterocycles. The Bertz CT molecular complexity index is 1240. The minimum atomic E-state index is -0.832. The van der Waals surface area contributed by atoms with Crippen LogP contribution in [0.25, 0.3) is 5.69 Å². The molecule has 3 aromatic rings. The van der Waals surface area contributed by atoms with Gasteiger partial charge in [-0.25, -0.2) is 9.37 Å². The standard InChI is InChI=1S/C25H27FN6O4/c26-17-5-3-16(4-6-17)24(35)30-18-7-9-19(10-8-18)32-15-29-21(23(27)34)22(32)25(36)28-11-13-31-12-1-2-20(33)14-31/h3-10,15,20,33H,1-2,11-14H2,(H2,27,34)(H,28,36)(H,30,35). The van der Waals surface area contributed by atoms with E-state index < -0.39 is 23.5 Å². The van der Waals surface area contributed by atoms with E-state index in [9.17, 15) is 23.9 Å². The molecule has 0 spiro atoms. The number of nitrogens with one attached hydrogen (secondary N) is 2. The number of imidazole rings is 1. The first-order valence-corrected chi connectivity index (χ1v) is 11.5. The molecule has 0 aliphatic carbocycles. The number of β-amino-alcohol motifs (C(OH)–C–C–N with tert-alkyl or cyclic N) is 1. The number of carbonyl (C=O) groups excluding carboxylic acids is 3. The highest BCUT2D eigenvalue weighted by Gasteiger charge is 2.24. The lowest BCUT2D eigenvalue weighted by Gasteiger charge is -2.29. The molecule has 10 nitrogen and oxygen atoms in total. The van der Waals surface area contributed by atoms with Crippen LogP contribution in [0.15, 0.2) is 54.9 Å². The van der Waals surface area contributed by atoms with Crippen LogP contribution in [0.2, 0.25) is 0 Å².